The highest BCUT2D eigenvalue weighted by Crippen LogP contribution is 2.34. The maximum absolute atomic E-state index is 12.7. The van der Waals surface area contributed by atoms with E-state index >= 15 is 0 Å². The SMILES string of the molecule is CC(=O)OC[C@H]1O[C@@H](OCC(=O)/C=C/c2ccc(CNCCC3=C(C)Cc4ccccc43)cc2)[C@H](C)[C@@H](OC(C)=O)[C@H]1OC(C)=O. The standard InChI is InChI=1S/C36H43NO9/c1-22-18-29-8-6-7-9-32(29)31(22)16-17-37-19-28-12-10-27(11-13-28)14-15-30(41)20-43-36-23(2)34(44-25(4)39)35(45-26(5)40)33(46-36)21-42-24(3)38/h6-15,23,33-37H,16-21H2,1-5H3/b15-14+/t23-,33-,34-,35+,36-/m1/s1. The van der Waals surface area contributed by atoms with Crippen molar-refractivity contribution in [3.05, 3.63) is 82.4 Å². The summed E-state index contributed by atoms with van der Waals surface area (Å²) in [7, 11) is 0. The van der Waals surface area contributed by atoms with Crippen molar-refractivity contribution in [3.63, 3.8) is 0 Å². The van der Waals surface area contributed by atoms with Gasteiger partial charge in [-0.25, -0.2) is 0 Å². The van der Waals surface area contributed by atoms with E-state index in [1.807, 2.05) is 24.3 Å². The average molecular weight is 634 g/mol. The Balaban J connectivity index is 1.26. The molecule has 10 heteroatoms. The van der Waals surface area contributed by atoms with Gasteiger partial charge in [-0.15, -0.1) is 0 Å². The van der Waals surface area contributed by atoms with E-state index in [1.165, 1.54) is 49.1 Å². The van der Waals surface area contributed by atoms with E-state index in [4.69, 9.17) is 23.7 Å². The molecule has 46 heavy (non-hydrogen) atoms. The molecule has 0 aromatic heterocycles. The number of carbonyl (C=O) groups excluding carboxylic acids is 4. The third-order valence-corrected chi connectivity index (χ3v) is 8.03. The molecule has 2 aliphatic rings. The Morgan fingerprint density at radius 1 is 0.935 bits per heavy atom. The number of rotatable bonds is 14. The Hall–Kier alpha value is -4.12. The summed E-state index contributed by atoms with van der Waals surface area (Å²) in [4.78, 5) is 47.7. The Morgan fingerprint density at radius 2 is 1.63 bits per heavy atom. The predicted molar refractivity (Wildman–Crippen MR) is 171 cm³/mol. The number of hydrogen-bond acceptors (Lipinski definition) is 10. The number of nitrogens with one attached hydrogen (secondary N) is 1. The Kier molecular flexibility index (Phi) is 12.4. The molecule has 0 unspecified atom stereocenters. The molecule has 1 fully saturated rings. The molecule has 1 heterocycles. The summed E-state index contributed by atoms with van der Waals surface area (Å²) in [6.45, 7) is 8.66. The first kappa shape index (κ1) is 34.7. The third-order valence-electron chi connectivity index (χ3n) is 8.03. The van der Waals surface area contributed by atoms with Gasteiger partial charge in [0.1, 0.15) is 25.4 Å². The number of fused-ring (bicyclic) bond motifs is 1. The first-order valence-electron chi connectivity index (χ1n) is 15.5. The van der Waals surface area contributed by atoms with Gasteiger partial charge in [-0.05, 0) is 60.2 Å². The minimum absolute atomic E-state index is 0.261. The minimum Gasteiger partial charge on any atom is -0.463 e. The average Bonchev–Trinajstić information content (AvgIpc) is 3.33. The molecule has 2 aromatic carbocycles. The van der Waals surface area contributed by atoms with Gasteiger partial charge in [0, 0.05) is 33.2 Å². The van der Waals surface area contributed by atoms with Crippen molar-refractivity contribution >= 4 is 35.3 Å². The molecule has 1 saturated heterocycles. The smallest absolute Gasteiger partial charge is 0.303 e. The Morgan fingerprint density at radius 3 is 2.33 bits per heavy atom. The van der Waals surface area contributed by atoms with Crippen molar-refractivity contribution in [1.29, 1.82) is 0 Å². The molecule has 0 amide bonds. The van der Waals surface area contributed by atoms with Crippen LogP contribution in [-0.2, 0) is 55.8 Å². The van der Waals surface area contributed by atoms with Crippen molar-refractivity contribution in [1.82, 2.24) is 5.32 Å². The van der Waals surface area contributed by atoms with E-state index in [9.17, 15) is 19.2 Å². The van der Waals surface area contributed by atoms with E-state index in [0.29, 0.717) is 0 Å². The molecule has 1 aliphatic carbocycles. The van der Waals surface area contributed by atoms with Gasteiger partial charge in [-0.2, -0.15) is 0 Å². The lowest BCUT2D eigenvalue weighted by Crippen LogP contribution is -2.58. The van der Waals surface area contributed by atoms with Gasteiger partial charge in [0.15, 0.2) is 18.2 Å². The van der Waals surface area contributed by atoms with Gasteiger partial charge in [0.25, 0.3) is 0 Å². The van der Waals surface area contributed by atoms with Crippen LogP contribution in [0.4, 0.5) is 0 Å². The zero-order valence-corrected chi connectivity index (χ0v) is 27.1. The fourth-order valence-corrected chi connectivity index (χ4v) is 5.80. The van der Waals surface area contributed by atoms with Crippen molar-refractivity contribution in [2.45, 2.75) is 78.6 Å². The highest BCUT2D eigenvalue weighted by atomic mass is 16.7. The van der Waals surface area contributed by atoms with Crippen LogP contribution in [0.25, 0.3) is 11.6 Å². The summed E-state index contributed by atoms with van der Waals surface area (Å²) >= 11 is 0. The van der Waals surface area contributed by atoms with Gasteiger partial charge in [-0.3, -0.25) is 19.2 Å². The topological polar surface area (TPSA) is 126 Å². The van der Waals surface area contributed by atoms with E-state index < -0.39 is 48.4 Å². The summed E-state index contributed by atoms with van der Waals surface area (Å²) < 4.78 is 27.6. The van der Waals surface area contributed by atoms with Crippen LogP contribution >= 0.6 is 0 Å². The first-order valence-corrected chi connectivity index (χ1v) is 15.5. The molecular formula is C36H43NO9. The van der Waals surface area contributed by atoms with Crippen LogP contribution in [0.2, 0.25) is 0 Å². The molecule has 10 nitrogen and oxygen atoms in total. The van der Waals surface area contributed by atoms with Crippen LogP contribution < -0.4 is 5.32 Å². The van der Waals surface area contributed by atoms with Crippen molar-refractivity contribution in [2.75, 3.05) is 19.8 Å². The Bertz CT molecular complexity index is 1460. The lowest BCUT2D eigenvalue weighted by molar-refractivity contribution is -0.286. The van der Waals surface area contributed by atoms with E-state index in [-0.39, 0.29) is 19.0 Å². The Labute approximate surface area is 270 Å². The molecule has 2 aromatic rings. The molecule has 0 spiro atoms. The maximum Gasteiger partial charge on any atom is 0.303 e. The predicted octanol–water partition coefficient (Wildman–Crippen LogP) is 4.58. The molecule has 1 N–H and O–H groups in total. The quantitative estimate of drug-likeness (QED) is 0.137. The van der Waals surface area contributed by atoms with Crippen LogP contribution in [0, 0.1) is 5.92 Å². The molecule has 0 saturated carbocycles. The summed E-state index contributed by atoms with van der Waals surface area (Å²) in [5, 5.41) is 3.53. The second-order valence-electron chi connectivity index (χ2n) is 11.7. The zero-order valence-electron chi connectivity index (χ0n) is 27.1. The second-order valence-corrected chi connectivity index (χ2v) is 11.7. The molecule has 246 valence electrons. The summed E-state index contributed by atoms with van der Waals surface area (Å²) in [6, 6.07) is 16.6. The fraction of sp³-hybridized carbons (Fsp3) is 0.444. The summed E-state index contributed by atoms with van der Waals surface area (Å²) in [5.74, 6) is -2.68. The number of ketones is 1. The lowest BCUT2D eigenvalue weighted by Gasteiger charge is -2.43. The monoisotopic (exact) mass is 633 g/mol. The van der Waals surface area contributed by atoms with E-state index in [0.717, 1.165) is 37.1 Å². The molecule has 5 atom stereocenters. The highest BCUT2D eigenvalue weighted by molar-refractivity contribution is 5.94. The number of allylic oxidation sites excluding steroid dienone is 1. The number of carbonyl (C=O) groups is 4. The van der Waals surface area contributed by atoms with Gasteiger partial charge in [-0.1, -0.05) is 67.1 Å². The van der Waals surface area contributed by atoms with Gasteiger partial charge >= 0.3 is 17.9 Å². The van der Waals surface area contributed by atoms with Crippen LogP contribution in [0.1, 0.15) is 63.3 Å². The van der Waals surface area contributed by atoms with Crippen molar-refractivity contribution in [3.8, 4) is 0 Å². The van der Waals surface area contributed by atoms with Gasteiger partial charge < -0.3 is 29.0 Å². The maximum atomic E-state index is 12.7. The molecule has 0 radical (unpaired) electrons. The van der Waals surface area contributed by atoms with Crippen molar-refractivity contribution in [2.24, 2.45) is 5.92 Å². The third kappa shape index (κ3) is 9.69. The van der Waals surface area contributed by atoms with Crippen molar-refractivity contribution < 1.29 is 42.9 Å². The van der Waals surface area contributed by atoms with E-state index in [2.05, 4.69) is 36.5 Å². The van der Waals surface area contributed by atoms with Gasteiger partial charge in [0.2, 0.25) is 0 Å². The number of hydrogen-bond donors (Lipinski definition) is 1. The van der Waals surface area contributed by atoms with E-state index in [1.54, 1.807) is 13.0 Å². The van der Waals surface area contributed by atoms with Crippen LogP contribution in [-0.4, -0.2) is 68.1 Å². The van der Waals surface area contributed by atoms with Crippen LogP contribution in [0.5, 0.6) is 0 Å². The first-order chi connectivity index (χ1) is 22.0. The normalized spacial score (nSPS) is 22.4. The summed E-state index contributed by atoms with van der Waals surface area (Å²) in [5.41, 5.74) is 7.68. The number of ether oxygens (including phenoxy) is 5. The highest BCUT2D eigenvalue weighted by Gasteiger charge is 2.49. The molecule has 0 bridgehead atoms. The second kappa shape index (κ2) is 16.4. The number of esters is 3. The van der Waals surface area contributed by atoms with Crippen LogP contribution in [0.3, 0.4) is 0 Å². The summed E-state index contributed by atoms with van der Waals surface area (Å²) in [6.07, 6.45) is 1.22. The minimum atomic E-state index is -1.03. The number of benzene rings is 2. The van der Waals surface area contributed by atoms with Crippen LogP contribution in [0.15, 0.2) is 60.2 Å². The largest absolute Gasteiger partial charge is 0.463 e. The fourth-order valence-electron chi connectivity index (χ4n) is 5.80. The zero-order chi connectivity index (χ0) is 33.2. The van der Waals surface area contributed by atoms with Gasteiger partial charge in [0.05, 0.1) is 0 Å². The lowest BCUT2D eigenvalue weighted by atomic mass is 9.92. The molecule has 4 rings (SSSR count). The molecule has 1 aliphatic heterocycles. The molecular weight excluding hydrogens is 590 g/mol.